The minimum Gasteiger partial charge on any atom is -0.384 e. The average Bonchev–Trinajstić information content (AvgIpc) is 2.88. The molecular weight excluding hydrogens is 196 g/mol. The van der Waals surface area contributed by atoms with Crippen molar-refractivity contribution in [2.45, 2.75) is 44.6 Å². The number of hydrogen-bond acceptors (Lipinski definition) is 1. The van der Waals surface area contributed by atoms with E-state index in [1.165, 1.54) is 36.8 Å². The molecule has 0 amide bonds. The van der Waals surface area contributed by atoms with Gasteiger partial charge in [0.05, 0.1) is 0 Å². The maximum absolute atomic E-state index is 9.94. The molecule has 1 unspecified atom stereocenters. The molecule has 1 atom stereocenters. The van der Waals surface area contributed by atoms with E-state index < -0.39 is 0 Å². The Morgan fingerprint density at radius 3 is 2.69 bits per heavy atom. The highest BCUT2D eigenvalue weighted by Gasteiger charge is 2.22. The summed E-state index contributed by atoms with van der Waals surface area (Å²) in [6.07, 6.45) is 7.18. The van der Waals surface area contributed by atoms with Gasteiger partial charge in [0.2, 0.25) is 0 Å². The maximum Gasteiger partial charge on any atom is 0.101 e. The third kappa shape index (κ3) is 1.51. The second-order valence-electron chi connectivity index (χ2n) is 5.16. The quantitative estimate of drug-likeness (QED) is 0.754. The molecule has 0 radical (unpaired) electrons. The minimum atomic E-state index is -0.368. The van der Waals surface area contributed by atoms with Crippen molar-refractivity contribution in [3.8, 4) is 0 Å². The van der Waals surface area contributed by atoms with E-state index in [1.807, 2.05) is 6.92 Å². The Morgan fingerprint density at radius 1 is 1.19 bits per heavy atom. The van der Waals surface area contributed by atoms with E-state index in [4.69, 9.17) is 0 Å². The lowest BCUT2D eigenvalue weighted by atomic mass is 9.94. The fourth-order valence-corrected chi connectivity index (χ4v) is 3.05. The predicted octanol–water partition coefficient (Wildman–Crippen LogP) is 3.79. The summed E-state index contributed by atoms with van der Waals surface area (Å²) in [6, 6.07) is 6.61. The van der Waals surface area contributed by atoms with Crippen LogP contribution in [0.3, 0.4) is 0 Å². The lowest BCUT2D eigenvalue weighted by molar-refractivity contribution is 0.220. The lowest BCUT2D eigenvalue weighted by Crippen LogP contribution is -1.97. The third-order valence-electron chi connectivity index (χ3n) is 4.05. The summed E-state index contributed by atoms with van der Waals surface area (Å²) in [5.74, 6) is 0.761. The van der Waals surface area contributed by atoms with Gasteiger partial charge in [-0.25, -0.2) is 0 Å². The molecule has 1 N–H and O–H groups in total. The molecule has 16 heavy (non-hydrogen) atoms. The fourth-order valence-electron chi connectivity index (χ4n) is 3.05. The van der Waals surface area contributed by atoms with Crippen molar-refractivity contribution in [2.75, 3.05) is 0 Å². The van der Waals surface area contributed by atoms with Crippen LogP contribution in [0.1, 0.15) is 61.3 Å². The highest BCUT2D eigenvalue weighted by molar-refractivity contribution is 5.65. The van der Waals surface area contributed by atoms with Crippen molar-refractivity contribution >= 4 is 6.08 Å². The second kappa shape index (κ2) is 3.74. The molecule has 2 aliphatic rings. The third-order valence-corrected chi connectivity index (χ3v) is 4.05. The van der Waals surface area contributed by atoms with Crippen LogP contribution in [0.2, 0.25) is 0 Å². The van der Waals surface area contributed by atoms with Gasteiger partial charge in [-0.3, -0.25) is 0 Å². The van der Waals surface area contributed by atoms with Crippen LogP contribution in [-0.4, -0.2) is 5.11 Å². The van der Waals surface area contributed by atoms with E-state index in [9.17, 15) is 5.11 Å². The van der Waals surface area contributed by atoms with Crippen LogP contribution in [0.5, 0.6) is 0 Å². The molecule has 0 spiro atoms. The molecule has 1 aromatic carbocycles. The number of hydrogen-bond donors (Lipinski definition) is 1. The second-order valence-corrected chi connectivity index (χ2v) is 5.16. The van der Waals surface area contributed by atoms with Gasteiger partial charge in [-0.2, -0.15) is 0 Å². The summed E-state index contributed by atoms with van der Waals surface area (Å²) in [5, 5.41) is 9.94. The number of aliphatic hydroxyl groups is 1. The summed E-state index contributed by atoms with van der Waals surface area (Å²) >= 11 is 0. The van der Waals surface area contributed by atoms with Crippen LogP contribution in [0.15, 0.2) is 23.8 Å². The first kappa shape index (κ1) is 10.1. The molecule has 0 heterocycles. The van der Waals surface area contributed by atoms with Crippen LogP contribution in [0, 0.1) is 0 Å². The van der Waals surface area contributed by atoms with Gasteiger partial charge < -0.3 is 5.11 Å². The molecule has 1 fully saturated rings. The first-order valence-corrected chi connectivity index (χ1v) is 6.26. The summed E-state index contributed by atoms with van der Waals surface area (Å²) in [6.45, 7) is 2.00. The first-order valence-electron chi connectivity index (χ1n) is 6.26. The number of aliphatic hydroxyl groups excluding tert-OH is 1. The van der Waals surface area contributed by atoms with Gasteiger partial charge in [-0.15, -0.1) is 0 Å². The van der Waals surface area contributed by atoms with Gasteiger partial charge in [0, 0.05) is 0 Å². The zero-order chi connectivity index (χ0) is 11.1. The van der Waals surface area contributed by atoms with Gasteiger partial charge in [0.25, 0.3) is 0 Å². The largest absolute Gasteiger partial charge is 0.384 e. The van der Waals surface area contributed by atoms with Gasteiger partial charge in [0.1, 0.15) is 6.10 Å². The minimum absolute atomic E-state index is 0.368. The van der Waals surface area contributed by atoms with Crippen LogP contribution in [0.25, 0.3) is 6.08 Å². The zero-order valence-electron chi connectivity index (χ0n) is 9.74. The summed E-state index contributed by atoms with van der Waals surface area (Å²) in [5.41, 5.74) is 4.85. The summed E-state index contributed by atoms with van der Waals surface area (Å²) in [4.78, 5) is 0. The monoisotopic (exact) mass is 214 g/mol. The molecule has 84 valence electrons. The van der Waals surface area contributed by atoms with Gasteiger partial charge in [0.15, 0.2) is 0 Å². The van der Waals surface area contributed by atoms with Crippen molar-refractivity contribution in [1.82, 2.24) is 0 Å². The highest BCUT2D eigenvalue weighted by Crippen LogP contribution is 2.39. The molecule has 0 saturated heterocycles. The Morgan fingerprint density at radius 2 is 1.94 bits per heavy atom. The topological polar surface area (TPSA) is 20.2 Å². The smallest absolute Gasteiger partial charge is 0.101 e. The Hall–Kier alpha value is -1.08. The van der Waals surface area contributed by atoms with Gasteiger partial charge >= 0.3 is 0 Å². The summed E-state index contributed by atoms with van der Waals surface area (Å²) < 4.78 is 0. The molecule has 1 nitrogen and oxygen atoms in total. The molecule has 0 aromatic heterocycles. The molecule has 1 heteroatoms. The average molecular weight is 214 g/mol. The maximum atomic E-state index is 9.94. The fraction of sp³-hybridized carbons (Fsp3) is 0.467. The lowest BCUT2D eigenvalue weighted by Gasteiger charge is -2.12. The Labute approximate surface area is 96.8 Å². The number of rotatable bonds is 1. The molecule has 2 aliphatic carbocycles. The molecular formula is C15H18O. The van der Waals surface area contributed by atoms with Crippen molar-refractivity contribution in [1.29, 1.82) is 0 Å². The molecule has 3 rings (SSSR count). The van der Waals surface area contributed by atoms with E-state index in [0.29, 0.717) is 0 Å². The van der Waals surface area contributed by atoms with E-state index in [1.54, 1.807) is 0 Å². The van der Waals surface area contributed by atoms with E-state index in [-0.39, 0.29) is 6.10 Å². The van der Waals surface area contributed by atoms with Gasteiger partial charge in [-0.05, 0) is 47.9 Å². The SMILES string of the molecule is CC1=Cc2cc(C3CCCC3)ccc2C1O. The van der Waals surface area contributed by atoms with Crippen LogP contribution in [-0.2, 0) is 0 Å². The Bertz CT molecular complexity index is 439. The van der Waals surface area contributed by atoms with Crippen molar-refractivity contribution in [3.05, 3.63) is 40.5 Å². The molecule has 1 saturated carbocycles. The summed E-state index contributed by atoms with van der Waals surface area (Å²) in [7, 11) is 0. The molecule has 0 bridgehead atoms. The van der Waals surface area contributed by atoms with Crippen LogP contribution in [0.4, 0.5) is 0 Å². The van der Waals surface area contributed by atoms with Crippen molar-refractivity contribution in [2.24, 2.45) is 0 Å². The zero-order valence-corrected chi connectivity index (χ0v) is 9.74. The van der Waals surface area contributed by atoms with Crippen molar-refractivity contribution < 1.29 is 5.11 Å². The Kier molecular flexibility index (Phi) is 2.36. The predicted molar refractivity (Wildman–Crippen MR) is 66.3 cm³/mol. The van der Waals surface area contributed by atoms with Gasteiger partial charge in [-0.1, -0.05) is 37.1 Å². The Balaban J connectivity index is 1.97. The van der Waals surface area contributed by atoms with E-state index in [0.717, 1.165) is 17.1 Å². The van der Waals surface area contributed by atoms with E-state index in [2.05, 4.69) is 24.3 Å². The standard InChI is InChI=1S/C15H18O/c1-10-8-13-9-12(11-4-2-3-5-11)6-7-14(13)15(10)16/h6-9,11,15-16H,2-5H2,1H3. The number of benzene rings is 1. The first-order chi connectivity index (χ1) is 7.75. The number of fused-ring (bicyclic) bond motifs is 1. The highest BCUT2D eigenvalue weighted by atomic mass is 16.3. The van der Waals surface area contributed by atoms with Crippen LogP contribution < -0.4 is 0 Å². The van der Waals surface area contributed by atoms with Crippen LogP contribution >= 0.6 is 0 Å². The molecule has 1 aromatic rings. The van der Waals surface area contributed by atoms with E-state index >= 15 is 0 Å². The normalized spacial score (nSPS) is 24.6. The van der Waals surface area contributed by atoms with Crippen molar-refractivity contribution in [3.63, 3.8) is 0 Å². The molecule has 0 aliphatic heterocycles.